The highest BCUT2D eigenvalue weighted by molar-refractivity contribution is 7.16. The predicted molar refractivity (Wildman–Crippen MR) is 83.7 cm³/mol. The molecule has 3 nitrogen and oxygen atoms in total. The van der Waals surface area contributed by atoms with Gasteiger partial charge in [-0.2, -0.15) is 0 Å². The average molecular weight is 327 g/mol. The normalized spacial score (nSPS) is 14.3. The second-order valence-electron chi connectivity index (χ2n) is 4.81. The Balaban J connectivity index is 1.89. The number of nitrogens with one attached hydrogen (secondary N) is 1. The lowest BCUT2D eigenvalue weighted by Gasteiger charge is -2.02. The first-order chi connectivity index (χ1) is 9.54. The molecule has 0 aliphatic heterocycles. The molecule has 0 bridgehead atoms. The summed E-state index contributed by atoms with van der Waals surface area (Å²) < 4.78 is 0. The molecular weight excluding hydrogens is 315 g/mol. The van der Waals surface area contributed by atoms with E-state index < -0.39 is 0 Å². The van der Waals surface area contributed by atoms with E-state index in [-0.39, 0.29) is 11.8 Å². The van der Waals surface area contributed by atoms with Gasteiger partial charge in [-0.25, -0.2) is 4.98 Å². The second kappa shape index (κ2) is 5.35. The van der Waals surface area contributed by atoms with Gasteiger partial charge in [0, 0.05) is 21.4 Å². The zero-order valence-corrected chi connectivity index (χ0v) is 13.1. The molecule has 1 aliphatic carbocycles. The largest absolute Gasteiger partial charge is 0.302 e. The van der Waals surface area contributed by atoms with Crippen molar-refractivity contribution >= 4 is 45.6 Å². The number of carbonyl (C=O) groups excluding carboxylic acids is 1. The summed E-state index contributed by atoms with van der Waals surface area (Å²) in [7, 11) is 0. The van der Waals surface area contributed by atoms with Crippen molar-refractivity contribution in [2.24, 2.45) is 5.92 Å². The molecule has 1 fully saturated rings. The number of thiazole rings is 1. The number of hydrogen-bond donors (Lipinski definition) is 1. The highest BCUT2D eigenvalue weighted by Crippen LogP contribution is 2.36. The van der Waals surface area contributed by atoms with Crippen LogP contribution in [0.5, 0.6) is 0 Å². The number of halogens is 2. The van der Waals surface area contributed by atoms with Crippen LogP contribution in [0.15, 0.2) is 18.2 Å². The summed E-state index contributed by atoms with van der Waals surface area (Å²) >= 11 is 13.6. The zero-order valence-electron chi connectivity index (χ0n) is 10.7. The number of carbonyl (C=O) groups is 1. The number of aromatic nitrogens is 1. The minimum absolute atomic E-state index is 0.0625. The maximum absolute atomic E-state index is 11.8. The van der Waals surface area contributed by atoms with Crippen LogP contribution < -0.4 is 5.32 Å². The topological polar surface area (TPSA) is 42.0 Å². The first-order valence-corrected chi connectivity index (χ1v) is 7.85. The van der Waals surface area contributed by atoms with E-state index in [0.717, 1.165) is 29.0 Å². The molecular formula is C14H12Cl2N2OS. The Morgan fingerprint density at radius 1 is 1.40 bits per heavy atom. The van der Waals surface area contributed by atoms with Crippen molar-refractivity contribution in [2.45, 2.75) is 19.8 Å². The van der Waals surface area contributed by atoms with Crippen LogP contribution in [0.2, 0.25) is 10.0 Å². The van der Waals surface area contributed by atoms with Crippen LogP contribution in [0.25, 0.3) is 11.3 Å². The number of anilines is 1. The van der Waals surface area contributed by atoms with Gasteiger partial charge in [0.2, 0.25) is 5.91 Å². The number of benzene rings is 1. The minimum Gasteiger partial charge on any atom is -0.302 e. The summed E-state index contributed by atoms with van der Waals surface area (Å²) in [6.07, 6.45) is 1.96. The quantitative estimate of drug-likeness (QED) is 0.882. The second-order valence-corrected chi connectivity index (χ2v) is 6.86. The summed E-state index contributed by atoms with van der Waals surface area (Å²) in [6.45, 7) is 1.96. The zero-order chi connectivity index (χ0) is 14.3. The monoisotopic (exact) mass is 326 g/mol. The first-order valence-electron chi connectivity index (χ1n) is 6.28. The van der Waals surface area contributed by atoms with E-state index in [2.05, 4.69) is 10.3 Å². The van der Waals surface area contributed by atoms with Gasteiger partial charge in [0.1, 0.15) is 0 Å². The lowest BCUT2D eigenvalue weighted by molar-refractivity contribution is -0.117. The van der Waals surface area contributed by atoms with Gasteiger partial charge in [0.25, 0.3) is 0 Å². The van der Waals surface area contributed by atoms with E-state index >= 15 is 0 Å². The molecule has 1 N–H and O–H groups in total. The van der Waals surface area contributed by atoms with Gasteiger partial charge < -0.3 is 5.32 Å². The number of hydrogen-bond acceptors (Lipinski definition) is 3. The molecule has 20 heavy (non-hydrogen) atoms. The Hall–Kier alpha value is -1.10. The fourth-order valence-corrected chi connectivity index (χ4v) is 3.26. The smallest absolute Gasteiger partial charge is 0.229 e. The number of nitrogens with zero attached hydrogens (tertiary/aromatic N) is 1. The molecule has 1 aromatic carbocycles. The molecule has 0 unspecified atom stereocenters. The lowest BCUT2D eigenvalue weighted by Crippen LogP contribution is -2.12. The molecule has 0 radical (unpaired) electrons. The molecule has 2 aromatic rings. The van der Waals surface area contributed by atoms with Gasteiger partial charge in [-0.05, 0) is 38.0 Å². The van der Waals surface area contributed by atoms with E-state index in [4.69, 9.17) is 23.2 Å². The summed E-state index contributed by atoms with van der Waals surface area (Å²) in [5, 5.41) is 4.64. The third-order valence-electron chi connectivity index (χ3n) is 3.16. The minimum atomic E-state index is 0.0625. The molecule has 3 rings (SSSR count). The summed E-state index contributed by atoms with van der Waals surface area (Å²) in [4.78, 5) is 17.2. The molecule has 1 amide bonds. The average Bonchev–Trinajstić information content (AvgIpc) is 3.16. The molecule has 0 atom stereocenters. The molecule has 1 aromatic heterocycles. The van der Waals surface area contributed by atoms with Crippen LogP contribution in [0, 0.1) is 12.8 Å². The molecule has 1 aliphatic rings. The highest BCUT2D eigenvalue weighted by atomic mass is 35.5. The van der Waals surface area contributed by atoms with Crippen LogP contribution in [0.3, 0.4) is 0 Å². The van der Waals surface area contributed by atoms with Gasteiger partial charge in [0.05, 0.1) is 10.7 Å². The number of amides is 1. The maximum Gasteiger partial charge on any atom is 0.229 e. The lowest BCUT2D eigenvalue weighted by atomic mass is 10.1. The summed E-state index contributed by atoms with van der Waals surface area (Å²) in [5.74, 6) is 0.231. The van der Waals surface area contributed by atoms with Crippen LogP contribution in [-0.2, 0) is 4.79 Å². The van der Waals surface area contributed by atoms with E-state index in [1.54, 1.807) is 12.1 Å². The molecule has 0 saturated heterocycles. The Labute approximate surface area is 130 Å². The standard InChI is InChI=1S/C14H12Cl2N2OS/c1-7-12(10-5-4-9(15)6-11(10)16)17-14(20-7)18-13(19)8-2-3-8/h4-6,8H,2-3H2,1H3,(H,17,18,19). The molecule has 104 valence electrons. The van der Waals surface area contributed by atoms with Crippen LogP contribution in [-0.4, -0.2) is 10.9 Å². The van der Waals surface area contributed by atoms with Crippen LogP contribution in [0.4, 0.5) is 5.13 Å². The Kier molecular flexibility index (Phi) is 3.71. The fourth-order valence-electron chi connectivity index (χ4n) is 1.93. The van der Waals surface area contributed by atoms with E-state index in [0.29, 0.717) is 15.2 Å². The van der Waals surface area contributed by atoms with Crippen molar-refractivity contribution in [3.05, 3.63) is 33.1 Å². The van der Waals surface area contributed by atoms with Crippen molar-refractivity contribution in [3.8, 4) is 11.3 Å². The molecule has 1 heterocycles. The highest BCUT2D eigenvalue weighted by Gasteiger charge is 2.30. The molecule has 1 saturated carbocycles. The summed E-state index contributed by atoms with van der Waals surface area (Å²) in [6, 6.07) is 5.32. The van der Waals surface area contributed by atoms with E-state index in [9.17, 15) is 4.79 Å². The van der Waals surface area contributed by atoms with Gasteiger partial charge in [-0.1, -0.05) is 23.2 Å². The number of aryl methyl sites for hydroxylation is 1. The van der Waals surface area contributed by atoms with E-state index in [1.165, 1.54) is 11.3 Å². The Morgan fingerprint density at radius 2 is 2.15 bits per heavy atom. The summed E-state index contributed by atoms with van der Waals surface area (Å²) in [5.41, 5.74) is 1.62. The first kappa shape index (κ1) is 13.9. The Bertz CT molecular complexity index is 680. The SMILES string of the molecule is Cc1sc(NC(=O)C2CC2)nc1-c1ccc(Cl)cc1Cl. The molecule has 0 spiro atoms. The maximum atomic E-state index is 11.8. The Morgan fingerprint density at radius 3 is 2.80 bits per heavy atom. The third kappa shape index (κ3) is 2.82. The number of rotatable bonds is 3. The van der Waals surface area contributed by atoms with Gasteiger partial charge in [-0.15, -0.1) is 11.3 Å². The third-order valence-corrected chi connectivity index (χ3v) is 4.60. The van der Waals surface area contributed by atoms with Crippen LogP contribution >= 0.6 is 34.5 Å². The van der Waals surface area contributed by atoms with Crippen molar-refractivity contribution in [2.75, 3.05) is 5.32 Å². The van der Waals surface area contributed by atoms with Crippen molar-refractivity contribution < 1.29 is 4.79 Å². The van der Waals surface area contributed by atoms with Gasteiger partial charge >= 0.3 is 0 Å². The van der Waals surface area contributed by atoms with Crippen LogP contribution in [0.1, 0.15) is 17.7 Å². The fraction of sp³-hybridized carbons (Fsp3) is 0.286. The molecule has 6 heteroatoms. The van der Waals surface area contributed by atoms with E-state index in [1.807, 2.05) is 13.0 Å². The predicted octanol–water partition coefficient (Wildman–Crippen LogP) is 4.77. The van der Waals surface area contributed by atoms with Gasteiger partial charge in [0.15, 0.2) is 5.13 Å². The van der Waals surface area contributed by atoms with Crippen molar-refractivity contribution in [3.63, 3.8) is 0 Å². The van der Waals surface area contributed by atoms with Gasteiger partial charge in [-0.3, -0.25) is 4.79 Å². The van der Waals surface area contributed by atoms with Crippen molar-refractivity contribution in [1.82, 2.24) is 4.98 Å². The van der Waals surface area contributed by atoms with Crippen molar-refractivity contribution in [1.29, 1.82) is 0 Å².